The Labute approximate surface area is 138 Å². The number of halogens is 1. The molecule has 1 saturated heterocycles. The molecule has 122 valence electrons. The van der Waals surface area contributed by atoms with Crippen LogP contribution in [-0.2, 0) is 6.42 Å². The fourth-order valence-electron chi connectivity index (χ4n) is 3.60. The van der Waals surface area contributed by atoms with Gasteiger partial charge in [-0.3, -0.25) is 0 Å². The molecule has 3 rings (SSSR count). The molecule has 1 saturated carbocycles. The zero-order chi connectivity index (χ0) is 15.4. The second kappa shape index (κ2) is 7.56. The van der Waals surface area contributed by atoms with E-state index in [-0.39, 0.29) is 0 Å². The van der Waals surface area contributed by atoms with Crippen molar-refractivity contribution >= 4 is 11.6 Å². The highest BCUT2D eigenvalue weighted by Gasteiger charge is 2.22. The molecular formula is C18H26ClNO2. The third kappa shape index (κ3) is 3.88. The predicted octanol–water partition coefficient (Wildman–Crippen LogP) is 4.21. The first kappa shape index (κ1) is 15.9. The van der Waals surface area contributed by atoms with Crippen LogP contribution >= 0.6 is 11.6 Å². The van der Waals surface area contributed by atoms with Crippen LogP contribution in [0.4, 0.5) is 0 Å². The second-order valence-corrected chi connectivity index (χ2v) is 6.94. The van der Waals surface area contributed by atoms with Gasteiger partial charge in [-0.15, -0.1) is 0 Å². The normalized spacial score (nSPS) is 20.3. The standard InChI is InChI=1S/C18H26ClNO2/c1-21-17-12-14(10-13-6-8-20-9-7-13)11-16(19)18(17)22-15-4-2-3-5-15/h11-13,15,20H,2-10H2,1H3. The van der Waals surface area contributed by atoms with E-state index in [1.807, 2.05) is 0 Å². The van der Waals surface area contributed by atoms with Crippen LogP contribution in [0, 0.1) is 5.92 Å². The molecule has 4 heteroatoms. The maximum Gasteiger partial charge on any atom is 0.180 e. The third-order valence-corrected chi connectivity index (χ3v) is 5.14. The van der Waals surface area contributed by atoms with Gasteiger partial charge in [-0.2, -0.15) is 0 Å². The summed E-state index contributed by atoms with van der Waals surface area (Å²) < 4.78 is 11.7. The maximum absolute atomic E-state index is 6.49. The number of rotatable bonds is 5. The highest BCUT2D eigenvalue weighted by molar-refractivity contribution is 6.32. The average molecular weight is 324 g/mol. The lowest BCUT2D eigenvalue weighted by molar-refractivity contribution is 0.201. The van der Waals surface area contributed by atoms with Gasteiger partial charge in [0, 0.05) is 0 Å². The first-order chi connectivity index (χ1) is 10.8. The molecule has 1 aromatic carbocycles. The first-order valence-corrected chi connectivity index (χ1v) is 8.88. The van der Waals surface area contributed by atoms with Crippen LogP contribution in [0.3, 0.4) is 0 Å². The van der Waals surface area contributed by atoms with E-state index in [1.165, 1.54) is 31.2 Å². The summed E-state index contributed by atoms with van der Waals surface area (Å²) in [6, 6.07) is 4.18. The topological polar surface area (TPSA) is 30.5 Å². The number of nitrogens with one attached hydrogen (secondary N) is 1. The smallest absolute Gasteiger partial charge is 0.180 e. The summed E-state index contributed by atoms with van der Waals surface area (Å²) in [7, 11) is 1.70. The van der Waals surface area contributed by atoms with Crippen molar-refractivity contribution in [2.75, 3.05) is 20.2 Å². The van der Waals surface area contributed by atoms with E-state index >= 15 is 0 Å². The Morgan fingerprint density at radius 3 is 2.55 bits per heavy atom. The van der Waals surface area contributed by atoms with Crippen molar-refractivity contribution in [3.63, 3.8) is 0 Å². The van der Waals surface area contributed by atoms with Crippen molar-refractivity contribution in [2.24, 2.45) is 5.92 Å². The van der Waals surface area contributed by atoms with Crippen molar-refractivity contribution in [2.45, 2.75) is 51.0 Å². The lowest BCUT2D eigenvalue weighted by atomic mass is 9.91. The summed E-state index contributed by atoms with van der Waals surface area (Å²) in [5.41, 5.74) is 1.26. The van der Waals surface area contributed by atoms with E-state index < -0.39 is 0 Å². The van der Waals surface area contributed by atoms with E-state index in [9.17, 15) is 0 Å². The summed E-state index contributed by atoms with van der Waals surface area (Å²) in [5.74, 6) is 2.25. The molecule has 0 unspecified atom stereocenters. The monoisotopic (exact) mass is 323 g/mol. The van der Waals surface area contributed by atoms with Crippen LogP contribution in [0.1, 0.15) is 44.1 Å². The highest BCUT2D eigenvalue weighted by Crippen LogP contribution is 2.39. The van der Waals surface area contributed by atoms with Crippen molar-refractivity contribution in [3.8, 4) is 11.5 Å². The van der Waals surface area contributed by atoms with Crippen molar-refractivity contribution in [1.29, 1.82) is 0 Å². The van der Waals surface area contributed by atoms with E-state index in [0.29, 0.717) is 11.1 Å². The number of piperidine rings is 1. The lowest BCUT2D eigenvalue weighted by Gasteiger charge is -2.23. The van der Waals surface area contributed by atoms with Crippen LogP contribution in [0.25, 0.3) is 0 Å². The summed E-state index contributed by atoms with van der Waals surface area (Å²) >= 11 is 6.49. The van der Waals surface area contributed by atoms with E-state index in [2.05, 4.69) is 17.4 Å². The van der Waals surface area contributed by atoms with E-state index in [1.54, 1.807) is 7.11 Å². The minimum Gasteiger partial charge on any atom is -0.493 e. The Balaban J connectivity index is 1.73. The van der Waals surface area contributed by atoms with Gasteiger partial charge in [0.2, 0.25) is 0 Å². The van der Waals surface area contributed by atoms with Gasteiger partial charge in [-0.1, -0.05) is 11.6 Å². The molecule has 0 atom stereocenters. The molecule has 0 bridgehead atoms. The molecule has 1 aliphatic heterocycles. The molecule has 0 aromatic heterocycles. The van der Waals surface area contributed by atoms with Gasteiger partial charge in [-0.05, 0) is 81.6 Å². The number of hydrogen-bond acceptors (Lipinski definition) is 3. The number of ether oxygens (including phenoxy) is 2. The number of benzene rings is 1. The molecule has 1 aliphatic carbocycles. The summed E-state index contributed by atoms with van der Waals surface area (Å²) in [6.45, 7) is 2.25. The minimum absolute atomic E-state index is 0.293. The molecule has 1 N–H and O–H groups in total. The Morgan fingerprint density at radius 2 is 1.86 bits per heavy atom. The largest absolute Gasteiger partial charge is 0.493 e. The highest BCUT2D eigenvalue weighted by atomic mass is 35.5. The zero-order valence-electron chi connectivity index (χ0n) is 13.4. The van der Waals surface area contributed by atoms with Gasteiger partial charge in [0.15, 0.2) is 11.5 Å². The van der Waals surface area contributed by atoms with Crippen molar-refractivity contribution in [3.05, 3.63) is 22.7 Å². The quantitative estimate of drug-likeness (QED) is 0.880. The molecule has 2 aliphatic rings. The van der Waals surface area contributed by atoms with Crippen molar-refractivity contribution < 1.29 is 9.47 Å². The van der Waals surface area contributed by atoms with Crippen LogP contribution in [-0.4, -0.2) is 26.3 Å². The molecule has 0 amide bonds. The van der Waals surface area contributed by atoms with Crippen LogP contribution in [0.5, 0.6) is 11.5 Å². The molecule has 0 radical (unpaired) electrons. The second-order valence-electron chi connectivity index (χ2n) is 6.53. The Morgan fingerprint density at radius 1 is 1.14 bits per heavy atom. The average Bonchev–Trinajstić information content (AvgIpc) is 3.04. The van der Waals surface area contributed by atoms with E-state index in [0.717, 1.165) is 49.8 Å². The van der Waals surface area contributed by atoms with Crippen LogP contribution < -0.4 is 14.8 Å². The summed E-state index contributed by atoms with van der Waals surface area (Å²) in [4.78, 5) is 0. The first-order valence-electron chi connectivity index (χ1n) is 8.50. The predicted molar refractivity (Wildman–Crippen MR) is 90.2 cm³/mol. The summed E-state index contributed by atoms with van der Waals surface area (Å²) in [5, 5.41) is 4.10. The number of methoxy groups -OCH3 is 1. The van der Waals surface area contributed by atoms with Gasteiger partial charge >= 0.3 is 0 Å². The zero-order valence-corrected chi connectivity index (χ0v) is 14.1. The van der Waals surface area contributed by atoms with Gasteiger partial charge in [0.1, 0.15) is 0 Å². The molecule has 22 heavy (non-hydrogen) atoms. The Bertz CT molecular complexity index is 494. The van der Waals surface area contributed by atoms with Crippen LogP contribution in [0.15, 0.2) is 12.1 Å². The fraction of sp³-hybridized carbons (Fsp3) is 0.667. The van der Waals surface area contributed by atoms with Gasteiger partial charge < -0.3 is 14.8 Å². The molecule has 0 spiro atoms. The van der Waals surface area contributed by atoms with Gasteiger partial charge in [0.05, 0.1) is 18.2 Å². The van der Waals surface area contributed by atoms with E-state index in [4.69, 9.17) is 21.1 Å². The molecule has 1 aromatic rings. The minimum atomic E-state index is 0.293. The third-order valence-electron chi connectivity index (χ3n) is 4.86. The summed E-state index contributed by atoms with van der Waals surface area (Å²) in [6.07, 6.45) is 8.58. The lowest BCUT2D eigenvalue weighted by Crippen LogP contribution is -2.28. The maximum atomic E-state index is 6.49. The van der Waals surface area contributed by atoms with Crippen LogP contribution in [0.2, 0.25) is 5.02 Å². The fourth-order valence-corrected chi connectivity index (χ4v) is 3.88. The SMILES string of the molecule is COc1cc(CC2CCNCC2)cc(Cl)c1OC1CCCC1. The van der Waals surface area contributed by atoms with Gasteiger partial charge in [0.25, 0.3) is 0 Å². The Kier molecular flexibility index (Phi) is 5.48. The molecule has 1 heterocycles. The van der Waals surface area contributed by atoms with Crippen molar-refractivity contribution in [1.82, 2.24) is 5.32 Å². The molecule has 2 fully saturated rings. The molecule has 3 nitrogen and oxygen atoms in total. The Hall–Kier alpha value is -0.930. The molecular weight excluding hydrogens is 298 g/mol. The van der Waals surface area contributed by atoms with Gasteiger partial charge in [-0.25, -0.2) is 0 Å². The number of hydrogen-bond donors (Lipinski definition) is 1.